The topological polar surface area (TPSA) is 44.9 Å². The van der Waals surface area contributed by atoms with Crippen LogP contribution in [0.1, 0.15) is 17.4 Å². The lowest BCUT2D eigenvalue weighted by atomic mass is 10.2. The molecule has 0 atom stereocenters. The van der Waals surface area contributed by atoms with Crippen molar-refractivity contribution in [3.63, 3.8) is 0 Å². The summed E-state index contributed by atoms with van der Waals surface area (Å²) in [5.41, 5.74) is 0.756. The summed E-state index contributed by atoms with van der Waals surface area (Å²) in [5.74, 6) is -0.666. The maximum Gasteiger partial charge on any atom is 0.267 e. The van der Waals surface area contributed by atoms with Crippen LogP contribution in [0.25, 0.3) is 10.9 Å². The number of aromatic amines is 1. The highest BCUT2D eigenvalue weighted by molar-refractivity contribution is 6.35. The van der Waals surface area contributed by atoms with Crippen LogP contribution in [0, 0.1) is 5.82 Å². The first kappa shape index (κ1) is 11.0. The molecule has 2 aromatic rings. The first-order valence-corrected chi connectivity index (χ1v) is 5.26. The summed E-state index contributed by atoms with van der Waals surface area (Å²) in [6.07, 6.45) is 0. The van der Waals surface area contributed by atoms with Crippen LogP contribution in [0.3, 0.4) is 0 Å². The summed E-state index contributed by atoms with van der Waals surface area (Å²) >= 11 is 5.89. The first-order chi connectivity index (χ1) is 7.63. The Hall–Kier alpha value is -1.55. The van der Waals surface area contributed by atoms with Crippen molar-refractivity contribution in [2.24, 2.45) is 0 Å². The number of aromatic nitrogens is 1. The van der Waals surface area contributed by atoms with Gasteiger partial charge in [0.1, 0.15) is 11.5 Å². The van der Waals surface area contributed by atoms with Gasteiger partial charge in [-0.05, 0) is 25.1 Å². The van der Waals surface area contributed by atoms with E-state index in [2.05, 4.69) is 10.3 Å². The minimum Gasteiger partial charge on any atom is -0.351 e. The van der Waals surface area contributed by atoms with Crippen molar-refractivity contribution in [2.75, 3.05) is 6.54 Å². The lowest BCUT2D eigenvalue weighted by Crippen LogP contribution is -2.22. The second kappa shape index (κ2) is 4.14. The predicted octanol–water partition coefficient (Wildman–Crippen LogP) is 2.71. The maximum atomic E-state index is 13.4. The van der Waals surface area contributed by atoms with E-state index in [9.17, 15) is 9.18 Å². The molecule has 0 spiro atoms. The molecule has 16 heavy (non-hydrogen) atoms. The van der Waals surface area contributed by atoms with Gasteiger partial charge in [0.2, 0.25) is 0 Å². The smallest absolute Gasteiger partial charge is 0.267 e. The predicted molar refractivity (Wildman–Crippen MR) is 61.3 cm³/mol. The van der Waals surface area contributed by atoms with Gasteiger partial charge in [0.25, 0.3) is 5.91 Å². The van der Waals surface area contributed by atoms with Crippen molar-refractivity contribution < 1.29 is 9.18 Å². The number of nitrogens with one attached hydrogen (secondary N) is 2. The van der Waals surface area contributed by atoms with Gasteiger partial charge in [-0.1, -0.05) is 11.6 Å². The Balaban J connectivity index is 2.55. The third-order valence-electron chi connectivity index (χ3n) is 2.27. The molecule has 0 aliphatic rings. The van der Waals surface area contributed by atoms with Crippen molar-refractivity contribution in [3.05, 3.63) is 34.7 Å². The summed E-state index contributed by atoms with van der Waals surface area (Å²) in [5, 5.41) is 3.35. The van der Waals surface area contributed by atoms with Crippen molar-refractivity contribution in [1.29, 1.82) is 0 Å². The minimum atomic E-state index is -0.397. The van der Waals surface area contributed by atoms with E-state index in [-0.39, 0.29) is 5.91 Å². The van der Waals surface area contributed by atoms with Gasteiger partial charge < -0.3 is 10.3 Å². The molecule has 0 bridgehead atoms. The summed E-state index contributed by atoms with van der Waals surface area (Å²) < 4.78 is 13.4. The summed E-state index contributed by atoms with van der Waals surface area (Å²) in [4.78, 5) is 14.3. The van der Waals surface area contributed by atoms with E-state index < -0.39 is 5.82 Å². The number of hydrogen-bond donors (Lipinski definition) is 2. The van der Waals surface area contributed by atoms with Crippen LogP contribution in [0.15, 0.2) is 18.2 Å². The summed E-state index contributed by atoms with van der Waals surface area (Å²) in [6, 6.07) is 4.19. The molecule has 0 aliphatic carbocycles. The van der Waals surface area contributed by atoms with Gasteiger partial charge in [-0.25, -0.2) is 4.39 Å². The average molecular weight is 241 g/mol. The fourth-order valence-corrected chi connectivity index (χ4v) is 1.74. The zero-order valence-electron chi connectivity index (χ0n) is 8.60. The molecule has 1 amide bonds. The number of H-pyrrole nitrogens is 1. The third kappa shape index (κ3) is 1.76. The molecule has 0 radical (unpaired) electrons. The lowest BCUT2D eigenvalue weighted by molar-refractivity contribution is 0.0951. The summed E-state index contributed by atoms with van der Waals surface area (Å²) in [6.45, 7) is 2.33. The third-order valence-corrected chi connectivity index (χ3v) is 2.59. The number of carbonyl (C=O) groups is 1. The lowest BCUT2D eigenvalue weighted by Gasteiger charge is -1.97. The standard InChI is InChI=1S/C11H10ClFN2O/c1-2-14-11(16)9-5-6-8(13)4-3-7(12)10(6)15-9/h3-5,15H,2H2,1H3,(H,14,16). The van der Waals surface area contributed by atoms with Gasteiger partial charge in [-0.3, -0.25) is 4.79 Å². The number of halogens is 2. The maximum absolute atomic E-state index is 13.4. The van der Waals surface area contributed by atoms with Crippen molar-refractivity contribution in [1.82, 2.24) is 10.3 Å². The van der Waals surface area contributed by atoms with E-state index in [4.69, 9.17) is 11.6 Å². The molecule has 0 saturated heterocycles. The van der Waals surface area contributed by atoms with E-state index in [1.807, 2.05) is 6.92 Å². The Morgan fingerprint density at radius 2 is 2.31 bits per heavy atom. The molecule has 2 N–H and O–H groups in total. The molecule has 84 valence electrons. The molecular weight excluding hydrogens is 231 g/mol. The summed E-state index contributed by atoms with van der Waals surface area (Å²) in [7, 11) is 0. The second-order valence-electron chi connectivity index (χ2n) is 3.36. The zero-order valence-corrected chi connectivity index (χ0v) is 9.36. The second-order valence-corrected chi connectivity index (χ2v) is 3.77. The fourth-order valence-electron chi connectivity index (χ4n) is 1.53. The SMILES string of the molecule is CCNC(=O)c1cc2c(F)ccc(Cl)c2[nH]1. The number of rotatable bonds is 2. The van der Waals surface area contributed by atoms with Crippen LogP contribution in [0.2, 0.25) is 5.02 Å². The quantitative estimate of drug-likeness (QED) is 0.833. The Kier molecular flexibility index (Phi) is 2.83. The molecule has 3 nitrogen and oxygen atoms in total. The highest BCUT2D eigenvalue weighted by Crippen LogP contribution is 2.26. The molecule has 1 aromatic carbocycles. The van der Waals surface area contributed by atoms with Gasteiger partial charge >= 0.3 is 0 Å². The fraction of sp³-hybridized carbons (Fsp3) is 0.182. The Bertz CT molecular complexity index is 511. The van der Waals surface area contributed by atoms with E-state index in [1.165, 1.54) is 18.2 Å². The number of benzene rings is 1. The normalized spacial score (nSPS) is 10.7. The van der Waals surface area contributed by atoms with Crippen LogP contribution in [0.4, 0.5) is 4.39 Å². The van der Waals surface area contributed by atoms with Crippen molar-refractivity contribution >= 4 is 28.4 Å². The first-order valence-electron chi connectivity index (χ1n) is 4.88. The molecule has 2 rings (SSSR count). The Morgan fingerprint density at radius 1 is 1.56 bits per heavy atom. The monoisotopic (exact) mass is 240 g/mol. The molecule has 1 heterocycles. The van der Waals surface area contributed by atoms with Gasteiger partial charge in [-0.2, -0.15) is 0 Å². The average Bonchev–Trinajstić information content (AvgIpc) is 2.70. The Labute approximate surface area is 96.6 Å². The number of carbonyl (C=O) groups excluding carboxylic acids is 1. The van der Waals surface area contributed by atoms with Gasteiger partial charge in [0.15, 0.2) is 0 Å². The van der Waals surface area contributed by atoms with Crippen LogP contribution >= 0.6 is 11.6 Å². The highest BCUT2D eigenvalue weighted by atomic mass is 35.5. The van der Waals surface area contributed by atoms with Crippen LogP contribution in [0.5, 0.6) is 0 Å². The zero-order chi connectivity index (χ0) is 11.7. The van der Waals surface area contributed by atoms with Gasteiger partial charge in [0.05, 0.1) is 10.5 Å². The van der Waals surface area contributed by atoms with Crippen LogP contribution < -0.4 is 5.32 Å². The van der Waals surface area contributed by atoms with E-state index in [1.54, 1.807) is 0 Å². The molecule has 5 heteroatoms. The van der Waals surface area contributed by atoms with Crippen LogP contribution in [-0.2, 0) is 0 Å². The molecular formula is C11H10ClFN2O. The number of amides is 1. The van der Waals surface area contributed by atoms with Crippen molar-refractivity contribution in [2.45, 2.75) is 6.92 Å². The van der Waals surface area contributed by atoms with E-state index in [0.29, 0.717) is 28.2 Å². The number of hydrogen-bond acceptors (Lipinski definition) is 1. The van der Waals surface area contributed by atoms with Gasteiger partial charge in [-0.15, -0.1) is 0 Å². The largest absolute Gasteiger partial charge is 0.351 e. The molecule has 0 saturated carbocycles. The van der Waals surface area contributed by atoms with Crippen molar-refractivity contribution in [3.8, 4) is 0 Å². The van der Waals surface area contributed by atoms with E-state index in [0.717, 1.165) is 0 Å². The molecule has 1 aromatic heterocycles. The Morgan fingerprint density at radius 3 is 2.94 bits per heavy atom. The molecule has 0 unspecified atom stereocenters. The molecule has 0 fully saturated rings. The minimum absolute atomic E-state index is 0.269. The van der Waals surface area contributed by atoms with E-state index >= 15 is 0 Å². The van der Waals surface area contributed by atoms with Gasteiger partial charge in [0, 0.05) is 11.9 Å². The number of fused-ring (bicyclic) bond motifs is 1. The highest BCUT2D eigenvalue weighted by Gasteiger charge is 2.12. The van der Waals surface area contributed by atoms with Crippen LogP contribution in [-0.4, -0.2) is 17.4 Å². The molecule has 0 aliphatic heterocycles.